The molecule has 1 aromatic rings. The van der Waals surface area contributed by atoms with Crippen molar-refractivity contribution in [3.8, 4) is 0 Å². The van der Waals surface area contributed by atoms with E-state index in [1.807, 2.05) is 0 Å². The van der Waals surface area contributed by atoms with Crippen LogP contribution in [0.25, 0.3) is 0 Å². The molecule has 0 fully saturated rings. The van der Waals surface area contributed by atoms with E-state index in [2.05, 4.69) is 10.6 Å². The second kappa shape index (κ2) is 7.05. The highest BCUT2D eigenvalue weighted by Crippen LogP contribution is 2.30. The van der Waals surface area contributed by atoms with Crippen LogP contribution in [-0.2, 0) is 11.0 Å². The summed E-state index contributed by atoms with van der Waals surface area (Å²) in [6.45, 7) is 2.05. The third-order valence-electron chi connectivity index (χ3n) is 2.55. The van der Waals surface area contributed by atoms with Crippen LogP contribution >= 0.6 is 0 Å². The highest BCUT2D eigenvalue weighted by atomic mass is 19.4. The minimum Gasteiger partial charge on any atom is -0.356 e. The number of nitrogens with one attached hydrogen (secondary N) is 2. The monoisotopic (exact) mass is 306 g/mol. The molecular formula is C13H14F4N2O2. The minimum absolute atomic E-state index is 0.0415. The first-order chi connectivity index (χ1) is 9.75. The van der Waals surface area contributed by atoms with Crippen molar-refractivity contribution in [2.75, 3.05) is 13.1 Å². The molecular weight excluding hydrogens is 292 g/mol. The van der Waals surface area contributed by atoms with Crippen LogP contribution in [-0.4, -0.2) is 24.9 Å². The standard InChI is InChI=1S/C13H14F4N2O2/c1-2-18-11(20)5-6-19-12(21)9-7-8(13(15,16)17)3-4-10(9)14/h3-4,7H,2,5-6H2,1H3,(H,18,20)(H,19,21). The molecule has 2 amide bonds. The Balaban J connectivity index is 2.72. The average molecular weight is 306 g/mol. The number of halogens is 4. The molecule has 0 saturated heterocycles. The molecule has 0 unspecified atom stereocenters. The Morgan fingerprint density at radius 1 is 1.19 bits per heavy atom. The predicted molar refractivity (Wildman–Crippen MR) is 67.0 cm³/mol. The van der Waals surface area contributed by atoms with Crippen molar-refractivity contribution in [2.45, 2.75) is 19.5 Å². The number of rotatable bonds is 5. The molecule has 0 saturated carbocycles. The van der Waals surface area contributed by atoms with Gasteiger partial charge in [0.05, 0.1) is 11.1 Å². The van der Waals surface area contributed by atoms with Crippen molar-refractivity contribution in [1.82, 2.24) is 10.6 Å². The lowest BCUT2D eigenvalue weighted by Gasteiger charge is -2.10. The molecule has 0 aromatic heterocycles. The van der Waals surface area contributed by atoms with Crippen molar-refractivity contribution >= 4 is 11.8 Å². The highest BCUT2D eigenvalue weighted by molar-refractivity contribution is 5.94. The first-order valence-electron chi connectivity index (χ1n) is 6.17. The van der Waals surface area contributed by atoms with Crippen molar-refractivity contribution in [3.05, 3.63) is 35.1 Å². The van der Waals surface area contributed by atoms with Gasteiger partial charge in [-0.2, -0.15) is 13.2 Å². The smallest absolute Gasteiger partial charge is 0.356 e. The van der Waals surface area contributed by atoms with Gasteiger partial charge in [-0.05, 0) is 25.1 Å². The minimum atomic E-state index is -4.66. The Morgan fingerprint density at radius 3 is 2.43 bits per heavy atom. The van der Waals surface area contributed by atoms with E-state index in [-0.39, 0.29) is 18.9 Å². The summed E-state index contributed by atoms with van der Waals surface area (Å²) in [5.41, 5.74) is -1.82. The number of carbonyl (C=O) groups excluding carboxylic acids is 2. The molecule has 0 radical (unpaired) electrons. The largest absolute Gasteiger partial charge is 0.416 e. The van der Waals surface area contributed by atoms with Gasteiger partial charge in [-0.1, -0.05) is 0 Å². The molecule has 0 bridgehead atoms. The molecule has 0 spiro atoms. The van der Waals surface area contributed by atoms with Crippen LogP contribution in [0.3, 0.4) is 0 Å². The molecule has 1 aromatic carbocycles. The van der Waals surface area contributed by atoms with Crippen LogP contribution in [0, 0.1) is 5.82 Å². The molecule has 0 atom stereocenters. The lowest BCUT2D eigenvalue weighted by atomic mass is 10.1. The Bertz CT molecular complexity index is 529. The zero-order valence-electron chi connectivity index (χ0n) is 11.2. The third-order valence-corrected chi connectivity index (χ3v) is 2.55. The molecule has 0 aliphatic rings. The van der Waals surface area contributed by atoms with Gasteiger partial charge in [-0.15, -0.1) is 0 Å². The Labute approximate surface area is 118 Å². The fraction of sp³-hybridized carbons (Fsp3) is 0.385. The first kappa shape index (κ1) is 16.9. The summed E-state index contributed by atoms with van der Waals surface area (Å²) in [5.74, 6) is -2.37. The summed E-state index contributed by atoms with van der Waals surface area (Å²) >= 11 is 0. The number of alkyl halides is 3. The second-order valence-corrected chi connectivity index (χ2v) is 4.15. The number of hydrogen-bond donors (Lipinski definition) is 2. The SMILES string of the molecule is CCNC(=O)CCNC(=O)c1cc(C(F)(F)F)ccc1F. The summed E-state index contributed by atoms with van der Waals surface area (Å²) in [6, 6.07) is 1.58. The average Bonchev–Trinajstić information content (AvgIpc) is 2.38. The van der Waals surface area contributed by atoms with Gasteiger partial charge < -0.3 is 10.6 Å². The second-order valence-electron chi connectivity index (χ2n) is 4.15. The van der Waals surface area contributed by atoms with Gasteiger partial charge in [0.2, 0.25) is 5.91 Å². The van der Waals surface area contributed by atoms with E-state index in [0.717, 1.165) is 0 Å². The number of hydrogen-bond acceptors (Lipinski definition) is 2. The van der Waals surface area contributed by atoms with Gasteiger partial charge in [-0.3, -0.25) is 9.59 Å². The molecule has 1 rings (SSSR count). The predicted octanol–water partition coefficient (Wildman–Crippen LogP) is 2.10. The summed E-state index contributed by atoms with van der Waals surface area (Å²) in [7, 11) is 0. The maximum absolute atomic E-state index is 13.4. The summed E-state index contributed by atoms with van der Waals surface area (Å²) in [5, 5.41) is 4.69. The Hall–Kier alpha value is -2.12. The molecule has 0 aliphatic carbocycles. The molecule has 21 heavy (non-hydrogen) atoms. The lowest BCUT2D eigenvalue weighted by Crippen LogP contribution is -2.31. The first-order valence-corrected chi connectivity index (χ1v) is 6.17. The van der Waals surface area contributed by atoms with Crippen LogP contribution in [0.4, 0.5) is 17.6 Å². The quantitative estimate of drug-likeness (QED) is 0.819. The zero-order chi connectivity index (χ0) is 16.0. The lowest BCUT2D eigenvalue weighted by molar-refractivity contribution is -0.137. The van der Waals surface area contributed by atoms with Crippen molar-refractivity contribution in [1.29, 1.82) is 0 Å². The van der Waals surface area contributed by atoms with Gasteiger partial charge in [0, 0.05) is 19.5 Å². The van der Waals surface area contributed by atoms with Crippen LogP contribution in [0.1, 0.15) is 29.3 Å². The fourth-order valence-corrected chi connectivity index (χ4v) is 1.55. The van der Waals surface area contributed by atoms with Gasteiger partial charge in [0.1, 0.15) is 5.82 Å². The number of amides is 2. The fourth-order valence-electron chi connectivity index (χ4n) is 1.55. The number of carbonyl (C=O) groups is 2. The molecule has 4 nitrogen and oxygen atoms in total. The van der Waals surface area contributed by atoms with Gasteiger partial charge in [-0.25, -0.2) is 4.39 Å². The maximum atomic E-state index is 13.4. The van der Waals surface area contributed by atoms with Crippen molar-refractivity contribution in [2.24, 2.45) is 0 Å². The highest BCUT2D eigenvalue weighted by Gasteiger charge is 2.31. The van der Waals surface area contributed by atoms with Gasteiger partial charge in [0.15, 0.2) is 0 Å². The van der Waals surface area contributed by atoms with Crippen LogP contribution in [0.5, 0.6) is 0 Å². The van der Waals surface area contributed by atoms with E-state index >= 15 is 0 Å². The summed E-state index contributed by atoms with van der Waals surface area (Å²) in [6.07, 6.45) is -4.70. The Morgan fingerprint density at radius 2 is 1.86 bits per heavy atom. The molecule has 2 N–H and O–H groups in total. The van der Waals surface area contributed by atoms with E-state index in [4.69, 9.17) is 0 Å². The molecule has 116 valence electrons. The Kier molecular flexibility index (Phi) is 5.69. The van der Waals surface area contributed by atoms with E-state index in [9.17, 15) is 27.2 Å². The summed E-state index contributed by atoms with van der Waals surface area (Å²) in [4.78, 5) is 22.8. The maximum Gasteiger partial charge on any atom is 0.416 e. The van der Waals surface area contributed by atoms with E-state index in [1.54, 1.807) is 6.92 Å². The van der Waals surface area contributed by atoms with Crippen LogP contribution < -0.4 is 10.6 Å². The summed E-state index contributed by atoms with van der Waals surface area (Å²) < 4.78 is 50.9. The molecule has 0 aliphatic heterocycles. The van der Waals surface area contributed by atoms with Crippen LogP contribution in [0.15, 0.2) is 18.2 Å². The molecule has 8 heteroatoms. The van der Waals surface area contributed by atoms with Crippen molar-refractivity contribution in [3.63, 3.8) is 0 Å². The third kappa shape index (κ3) is 5.05. The van der Waals surface area contributed by atoms with Gasteiger partial charge in [0.25, 0.3) is 5.91 Å². The molecule has 0 heterocycles. The normalized spacial score (nSPS) is 11.1. The van der Waals surface area contributed by atoms with E-state index in [0.29, 0.717) is 24.7 Å². The topological polar surface area (TPSA) is 58.2 Å². The van der Waals surface area contributed by atoms with Crippen molar-refractivity contribution < 1.29 is 27.2 Å². The number of benzene rings is 1. The van der Waals surface area contributed by atoms with Crippen LogP contribution in [0.2, 0.25) is 0 Å². The van der Waals surface area contributed by atoms with E-state index < -0.39 is 29.0 Å². The zero-order valence-corrected chi connectivity index (χ0v) is 11.2. The van der Waals surface area contributed by atoms with Gasteiger partial charge >= 0.3 is 6.18 Å². The van der Waals surface area contributed by atoms with E-state index in [1.165, 1.54) is 0 Å².